The summed E-state index contributed by atoms with van der Waals surface area (Å²) in [6, 6.07) is 4.95. The van der Waals surface area contributed by atoms with Gasteiger partial charge >= 0.3 is 0 Å². The Labute approximate surface area is 73.6 Å². The molecule has 0 aromatic carbocycles. The summed E-state index contributed by atoms with van der Waals surface area (Å²) in [5, 5.41) is 3.61. The number of pyridine rings is 1. The van der Waals surface area contributed by atoms with Gasteiger partial charge < -0.3 is 9.09 Å². The summed E-state index contributed by atoms with van der Waals surface area (Å²) < 4.78 is 6.05. The minimum Gasteiger partial charge on any atom is -0.343 e. The van der Waals surface area contributed by atoms with Gasteiger partial charge in [0.1, 0.15) is 0 Å². The zero-order chi connectivity index (χ0) is 9.10. The van der Waals surface area contributed by atoms with Gasteiger partial charge in [-0.25, -0.2) is 0 Å². The van der Waals surface area contributed by atoms with E-state index in [1.54, 1.807) is 18.3 Å². The number of hydrogen-bond donors (Lipinski definition) is 0. The Morgan fingerprint density at radius 1 is 1.46 bits per heavy atom. The fraction of sp³-hybridized carbons (Fsp3) is 0.125. The molecule has 5 nitrogen and oxygen atoms in total. The van der Waals surface area contributed by atoms with Gasteiger partial charge in [0, 0.05) is 12.3 Å². The third-order valence-corrected chi connectivity index (χ3v) is 1.62. The first-order chi connectivity index (χ1) is 6.36. The predicted molar refractivity (Wildman–Crippen MR) is 44.1 cm³/mol. The van der Waals surface area contributed by atoms with Crippen LogP contribution in [0.25, 0.3) is 0 Å². The molecule has 0 N–H and O–H groups in total. The molecule has 0 fully saturated rings. The molecule has 0 radical (unpaired) electrons. The lowest BCUT2D eigenvalue weighted by atomic mass is 10.4. The van der Waals surface area contributed by atoms with Crippen LogP contribution in [-0.2, 0) is 6.54 Å². The average molecular weight is 177 g/mol. The maximum Gasteiger partial charge on any atom is 0.250 e. The molecule has 0 saturated carbocycles. The molecule has 2 heterocycles. The van der Waals surface area contributed by atoms with E-state index >= 15 is 0 Å². The third-order valence-electron chi connectivity index (χ3n) is 1.62. The Hall–Kier alpha value is -1.91. The van der Waals surface area contributed by atoms with Crippen molar-refractivity contribution in [2.75, 3.05) is 0 Å². The van der Waals surface area contributed by atoms with Crippen LogP contribution in [0, 0.1) is 0 Å². The van der Waals surface area contributed by atoms with Crippen molar-refractivity contribution in [2.45, 2.75) is 6.54 Å². The van der Waals surface area contributed by atoms with Crippen molar-refractivity contribution in [3.05, 3.63) is 47.0 Å². The highest BCUT2D eigenvalue weighted by Gasteiger charge is 1.99. The van der Waals surface area contributed by atoms with Gasteiger partial charge in [0.2, 0.25) is 6.39 Å². The first kappa shape index (κ1) is 7.72. The van der Waals surface area contributed by atoms with Crippen LogP contribution in [0.3, 0.4) is 0 Å². The van der Waals surface area contributed by atoms with E-state index in [2.05, 4.69) is 14.7 Å². The molecule has 0 aliphatic rings. The standard InChI is InChI=1S/C8H7N3O2/c12-8-3-1-2-4-11(8)5-7-9-6-13-10-7/h1-4,6H,5H2. The molecule has 0 aliphatic heterocycles. The summed E-state index contributed by atoms with van der Waals surface area (Å²) in [5.74, 6) is 0.494. The van der Waals surface area contributed by atoms with Crippen molar-refractivity contribution >= 4 is 0 Å². The zero-order valence-corrected chi connectivity index (χ0v) is 6.75. The fourth-order valence-electron chi connectivity index (χ4n) is 1.01. The van der Waals surface area contributed by atoms with Crippen molar-refractivity contribution in [1.82, 2.24) is 14.7 Å². The summed E-state index contributed by atoms with van der Waals surface area (Å²) in [5.41, 5.74) is -0.0766. The van der Waals surface area contributed by atoms with E-state index in [1.165, 1.54) is 17.0 Å². The number of aromatic nitrogens is 3. The van der Waals surface area contributed by atoms with Crippen LogP contribution in [-0.4, -0.2) is 14.7 Å². The Bertz CT molecular complexity index is 433. The molecule has 2 aromatic rings. The van der Waals surface area contributed by atoms with E-state index in [1.807, 2.05) is 0 Å². The van der Waals surface area contributed by atoms with Crippen molar-refractivity contribution in [3.8, 4) is 0 Å². The van der Waals surface area contributed by atoms with E-state index in [0.29, 0.717) is 12.4 Å². The molecule has 66 valence electrons. The summed E-state index contributed by atoms with van der Waals surface area (Å²) in [6.45, 7) is 0.343. The van der Waals surface area contributed by atoms with Crippen LogP contribution in [0.2, 0.25) is 0 Å². The Kier molecular flexibility index (Phi) is 1.91. The predicted octanol–water partition coefficient (Wildman–Crippen LogP) is 0.280. The fourth-order valence-corrected chi connectivity index (χ4v) is 1.01. The summed E-state index contributed by atoms with van der Waals surface area (Å²) in [6.07, 6.45) is 2.92. The van der Waals surface area contributed by atoms with E-state index in [-0.39, 0.29) is 5.56 Å². The Balaban J connectivity index is 2.29. The summed E-state index contributed by atoms with van der Waals surface area (Å²) in [4.78, 5) is 15.0. The molecule has 2 aromatic heterocycles. The lowest BCUT2D eigenvalue weighted by Gasteiger charge is -1.98. The van der Waals surface area contributed by atoms with Crippen LogP contribution >= 0.6 is 0 Å². The van der Waals surface area contributed by atoms with Gasteiger partial charge in [-0.1, -0.05) is 11.2 Å². The van der Waals surface area contributed by atoms with Crippen molar-refractivity contribution in [1.29, 1.82) is 0 Å². The van der Waals surface area contributed by atoms with Gasteiger partial charge in [0.15, 0.2) is 5.82 Å². The maximum absolute atomic E-state index is 11.2. The molecule has 0 atom stereocenters. The average Bonchev–Trinajstić information content (AvgIpc) is 2.61. The second kappa shape index (κ2) is 3.22. The minimum atomic E-state index is -0.0766. The molecule has 0 unspecified atom stereocenters. The maximum atomic E-state index is 11.2. The highest BCUT2D eigenvalue weighted by atomic mass is 16.5. The molecule has 5 heteroatoms. The molecule has 0 saturated heterocycles. The number of nitrogens with zero attached hydrogens (tertiary/aromatic N) is 3. The first-order valence-corrected chi connectivity index (χ1v) is 3.77. The van der Waals surface area contributed by atoms with Crippen molar-refractivity contribution < 1.29 is 4.52 Å². The Morgan fingerprint density at radius 2 is 2.38 bits per heavy atom. The highest BCUT2D eigenvalue weighted by Crippen LogP contribution is 1.91. The second-order valence-electron chi connectivity index (χ2n) is 2.51. The van der Waals surface area contributed by atoms with Crippen LogP contribution in [0.5, 0.6) is 0 Å². The summed E-state index contributed by atoms with van der Waals surface area (Å²) >= 11 is 0. The van der Waals surface area contributed by atoms with Crippen molar-refractivity contribution in [2.24, 2.45) is 0 Å². The number of rotatable bonds is 2. The lowest BCUT2D eigenvalue weighted by molar-refractivity contribution is 0.408. The normalized spacial score (nSPS) is 10.2. The van der Waals surface area contributed by atoms with Gasteiger partial charge in [-0.3, -0.25) is 4.79 Å². The van der Waals surface area contributed by atoms with Gasteiger partial charge in [-0.05, 0) is 6.07 Å². The van der Waals surface area contributed by atoms with Crippen LogP contribution in [0.4, 0.5) is 0 Å². The number of hydrogen-bond acceptors (Lipinski definition) is 4. The van der Waals surface area contributed by atoms with Gasteiger partial charge in [-0.15, -0.1) is 0 Å². The van der Waals surface area contributed by atoms with Crippen LogP contribution < -0.4 is 5.56 Å². The smallest absolute Gasteiger partial charge is 0.250 e. The molecule has 2 rings (SSSR count). The highest BCUT2D eigenvalue weighted by molar-refractivity contribution is 4.95. The quantitative estimate of drug-likeness (QED) is 0.661. The molecule has 0 spiro atoms. The van der Waals surface area contributed by atoms with Gasteiger partial charge in [-0.2, -0.15) is 4.98 Å². The molecular weight excluding hydrogens is 170 g/mol. The van der Waals surface area contributed by atoms with E-state index in [0.717, 1.165) is 0 Å². The molecule has 0 aliphatic carbocycles. The Morgan fingerprint density at radius 3 is 3.08 bits per heavy atom. The first-order valence-electron chi connectivity index (χ1n) is 3.77. The van der Waals surface area contributed by atoms with E-state index in [4.69, 9.17) is 0 Å². The SMILES string of the molecule is O=c1ccccn1Cc1ncon1. The van der Waals surface area contributed by atoms with E-state index in [9.17, 15) is 4.79 Å². The summed E-state index contributed by atoms with van der Waals surface area (Å²) in [7, 11) is 0. The van der Waals surface area contributed by atoms with Gasteiger partial charge in [0.25, 0.3) is 5.56 Å². The van der Waals surface area contributed by atoms with Crippen LogP contribution in [0.1, 0.15) is 5.82 Å². The zero-order valence-electron chi connectivity index (χ0n) is 6.75. The second-order valence-corrected chi connectivity index (χ2v) is 2.51. The third kappa shape index (κ3) is 1.64. The van der Waals surface area contributed by atoms with Crippen LogP contribution in [0.15, 0.2) is 40.1 Å². The molecule has 0 amide bonds. The monoisotopic (exact) mass is 177 g/mol. The minimum absolute atomic E-state index is 0.0766. The largest absolute Gasteiger partial charge is 0.343 e. The topological polar surface area (TPSA) is 60.9 Å². The lowest BCUT2D eigenvalue weighted by Crippen LogP contribution is -2.18. The molecular formula is C8H7N3O2. The van der Waals surface area contributed by atoms with E-state index < -0.39 is 0 Å². The molecule has 0 bridgehead atoms. The van der Waals surface area contributed by atoms with Gasteiger partial charge in [0.05, 0.1) is 6.54 Å². The molecule has 13 heavy (non-hydrogen) atoms. The van der Waals surface area contributed by atoms with Crippen molar-refractivity contribution in [3.63, 3.8) is 0 Å².